The Labute approximate surface area is 150 Å². The van der Waals surface area contributed by atoms with Crippen molar-refractivity contribution in [3.8, 4) is 6.07 Å². The zero-order valence-electron chi connectivity index (χ0n) is 15.9. The summed E-state index contributed by atoms with van der Waals surface area (Å²) in [5.41, 5.74) is -0.648. The van der Waals surface area contributed by atoms with E-state index in [0.717, 1.165) is 6.42 Å². The average Bonchev–Trinajstić information content (AvgIpc) is 2.54. The zero-order valence-corrected chi connectivity index (χ0v) is 15.9. The molecule has 0 aromatic carbocycles. The van der Waals surface area contributed by atoms with Gasteiger partial charge in [-0.05, 0) is 39.0 Å². The molecule has 0 saturated heterocycles. The van der Waals surface area contributed by atoms with Crippen LogP contribution in [0.2, 0.25) is 0 Å². The third-order valence-corrected chi connectivity index (χ3v) is 3.87. The molecular weight excluding hydrogens is 326 g/mol. The van der Waals surface area contributed by atoms with E-state index in [-0.39, 0.29) is 13.0 Å². The van der Waals surface area contributed by atoms with Crippen LogP contribution in [0.15, 0.2) is 0 Å². The van der Waals surface area contributed by atoms with Crippen molar-refractivity contribution in [3.63, 3.8) is 0 Å². The molecule has 0 fully saturated rings. The third kappa shape index (κ3) is 10.7. The molecule has 0 amide bonds. The first-order chi connectivity index (χ1) is 11.6. The molecule has 2 unspecified atom stereocenters. The lowest BCUT2D eigenvalue weighted by Crippen LogP contribution is -2.31. The number of aliphatic hydroxyl groups excluding tert-OH is 1. The Hall–Kier alpha value is -1.65. The largest absolute Gasteiger partial charge is 0.460 e. The summed E-state index contributed by atoms with van der Waals surface area (Å²) in [5.74, 6) is -0.704. The van der Waals surface area contributed by atoms with Crippen molar-refractivity contribution >= 4 is 11.9 Å². The van der Waals surface area contributed by atoms with Gasteiger partial charge in [-0.1, -0.05) is 20.8 Å². The predicted octanol–water partition coefficient (Wildman–Crippen LogP) is 2.56. The summed E-state index contributed by atoms with van der Waals surface area (Å²) in [7, 11) is 0. The molecule has 144 valence electrons. The van der Waals surface area contributed by atoms with E-state index in [9.17, 15) is 14.7 Å². The summed E-state index contributed by atoms with van der Waals surface area (Å²) in [5, 5.41) is 18.2. The van der Waals surface area contributed by atoms with Crippen LogP contribution in [0.5, 0.6) is 0 Å². The van der Waals surface area contributed by atoms with Crippen molar-refractivity contribution in [2.24, 2.45) is 11.3 Å². The highest BCUT2D eigenvalue weighted by atomic mass is 16.6. The fourth-order valence-corrected chi connectivity index (χ4v) is 1.75. The molecule has 0 aromatic heterocycles. The van der Waals surface area contributed by atoms with Crippen LogP contribution in [-0.4, -0.2) is 42.7 Å². The maximum absolute atomic E-state index is 11.8. The van der Waals surface area contributed by atoms with E-state index in [4.69, 9.17) is 19.5 Å². The number of rotatable bonds is 12. The quantitative estimate of drug-likeness (QED) is 0.422. The van der Waals surface area contributed by atoms with E-state index in [1.165, 1.54) is 0 Å². The first-order valence-corrected chi connectivity index (χ1v) is 8.65. The number of aliphatic hydroxyl groups is 1. The van der Waals surface area contributed by atoms with E-state index >= 15 is 0 Å². The van der Waals surface area contributed by atoms with Crippen LogP contribution >= 0.6 is 0 Å². The van der Waals surface area contributed by atoms with Gasteiger partial charge in [0.25, 0.3) is 0 Å². The predicted molar refractivity (Wildman–Crippen MR) is 91.2 cm³/mol. The van der Waals surface area contributed by atoms with Crippen molar-refractivity contribution in [3.05, 3.63) is 0 Å². The van der Waals surface area contributed by atoms with Gasteiger partial charge in [0.2, 0.25) is 0 Å². The summed E-state index contributed by atoms with van der Waals surface area (Å²) < 4.78 is 15.4. The van der Waals surface area contributed by atoms with Crippen molar-refractivity contribution in [2.75, 3.05) is 13.2 Å². The van der Waals surface area contributed by atoms with E-state index in [0.29, 0.717) is 18.8 Å². The average molecular weight is 357 g/mol. The molecule has 0 aliphatic heterocycles. The highest BCUT2D eigenvalue weighted by Crippen LogP contribution is 2.21. The number of ether oxygens (including phenoxy) is 3. The van der Waals surface area contributed by atoms with Gasteiger partial charge in [0.05, 0.1) is 24.0 Å². The molecule has 0 heterocycles. The second-order valence-electron chi connectivity index (χ2n) is 7.04. The molecule has 2 atom stereocenters. The van der Waals surface area contributed by atoms with Crippen LogP contribution in [0.1, 0.15) is 60.3 Å². The van der Waals surface area contributed by atoms with Crippen LogP contribution < -0.4 is 0 Å². The SMILES string of the molecule is CCC(C)(C)C(=O)OCC(=O)OCC(CCC(C)C)OC(O)CC#N. The molecule has 0 rings (SSSR count). The molecule has 0 radical (unpaired) electrons. The summed E-state index contributed by atoms with van der Waals surface area (Å²) in [4.78, 5) is 23.6. The minimum atomic E-state index is -1.22. The van der Waals surface area contributed by atoms with Gasteiger partial charge in [-0.15, -0.1) is 0 Å². The highest BCUT2D eigenvalue weighted by molar-refractivity contribution is 5.79. The van der Waals surface area contributed by atoms with Gasteiger partial charge in [-0.2, -0.15) is 5.26 Å². The maximum atomic E-state index is 11.8. The van der Waals surface area contributed by atoms with Crippen LogP contribution in [0.3, 0.4) is 0 Å². The van der Waals surface area contributed by atoms with Crippen LogP contribution in [0.25, 0.3) is 0 Å². The molecule has 1 N–H and O–H groups in total. The molecule has 0 aromatic rings. The summed E-state index contributed by atoms with van der Waals surface area (Å²) in [6.07, 6.45) is 0.108. The minimum Gasteiger partial charge on any atom is -0.460 e. The van der Waals surface area contributed by atoms with Crippen LogP contribution in [-0.2, 0) is 23.8 Å². The van der Waals surface area contributed by atoms with Gasteiger partial charge >= 0.3 is 11.9 Å². The summed E-state index contributed by atoms with van der Waals surface area (Å²) >= 11 is 0. The topological polar surface area (TPSA) is 106 Å². The maximum Gasteiger partial charge on any atom is 0.344 e. The van der Waals surface area contributed by atoms with Gasteiger partial charge < -0.3 is 19.3 Å². The normalized spacial score (nSPS) is 13.8. The van der Waals surface area contributed by atoms with Gasteiger partial charge in [0.1, 0.15) is 6.61 Å². The van der Waals surface area contributed by atoms with E-state index in [1.54, 1.807) is 13.8 Å². The first-order valence-electron chi connectivity index (χ1n) is 8.65. The zero-order chi connectivity index (χ0) is 19.5. The van der Waals surface area contributed by atoms with Crippen LogP contribution in [0.4, 0.5) is 0 Å². The van der Waals surface area contributed by atoms with Gasteiger partial charge in [0, 0.05) is 0 Å². The fourth-order valence-electron chi connectivity index (χ4n) is 1.75. The molecule has 25 heavy (non-hydrogen) atoms. The Bertz CT molecular complexity index is 455. The van der Waals surface area contributed by atoms with Gasteiger partial charge in [-0.3, -0.25) is 4.79 Å². The molecule has 0 aliphatic rings. The molecule has 0 saturated carbocycles. The first kappa shape index (κ1) is 23.4. The summed E-state index contributed by atoms with van der Waals surface area (Å²) in [6, 6.07) is 1.81. The molecule has 0 bridgehead atoms. The lowest BCUT2D eigenvalue weighted by molar-refractivity contribution is -0.174. The second kappa shape index (κ2) is 11.8. The number of esters is 2. The summed E-state index contributed by atoms with van der Waals surface area (Å²) in [6.45, 7) is 8.92. The van der Waals surface area contributed by atoms with Gasteiger partial charge in [0.15, 0.2) is 12.9 Å². The molecule has 0 spiro atoms. The monoisotopic (exact) mass is 357 g/mol. The second-order valence-corrected chi connectivity index (χ2v) is 7.04. The molecule has 0 aliphatic carbocycles. The Balaban J connectivity index is 4.39. The number of hydrogen-bond donors (Lipinski definition) is 1. The lowest BCUT2D eigenvalue weighted by atomic mass is 9.91. The van der Waals surface area contributed by atoms with Crippen LogP contribution in [0, 0.1) is 22.7 Å². The van der Waals surface area contributed by atoms with Gasteiger partial charge in [-0.25, -0.2) is 4.79 Å². The van der Waals surface area contributed by atoms with E-state index in [1.807, 2.05) is 26.8 Å². The number of carbonyl (C=O) groups is 2. The Morgan fingerprint density at radius 3 is 2.36 bits per heavy atom. The van der Waals surface area contributed by atoms with E-state index in [2.05, 4.69) is 0 Å². The van der Waals surface area contributed by atoms with Crippen molar-refractivity contribution in [1.29, 1.82) is 5.26 Å². The Morgan fingerprint density at radius 1 is 1.20 bits per heavy atom. The highest BCUT2D eigenvalue weighted by Gasteiger charge is 2.28. The third-order valence-electron chi connectivity index (χ3n) is 3.87. The van der Waals surface area contributed by atoms with E-state index < -0.39 is 36.4 Å². The van der Waals surface area contributed by atoms with Crippen molar-refractivity contribution < 1.29 is 28.9 Å². The smallest absolute Gasteiger partial charge is 0.344 e. The Kier molecular flexibility index (Phi) is 11.0. The minimum absolute atomic E-state index is 0.0667. The van der Waals surface area contributed by atoms with Crippen molar-refractivity contribution in [1.82, 2.24) is 0 Å². The lowest BCUT2D eigenvalue weighted by Gasteiger charge is -2.22. The standard InChI is InChI=1S/C18H31NO6/c1-6-18(4,5)17(22)24-12-16(21)23-11-14(8-7-13(2)3)25-15(20)9-10-19/h13-15,20H,6-9,11-12H2,1-5H3. The number of hydrogen-bond acceptors (Lipinski definition) is 7. The van der Waals surface area contributed by atoms with Crippen molar-refractivity contribution in [2.45, 2.75) is 72.7 Å². The molecule has 7 nitrogen and oxygen atoms in total. The number of carbonyl (C=O) groups excluding carboxylic acids is 2. The number of nitriles is 1. The molecule has 7 heteroatoms. The fraction of sp³-hybridized carbons (Fsp3) is 0.833. The number of nitrogens with zero attached hydrogens (tertiary/aromatic N) is 1. The Morgan fingerprint density at radius 2 is 1.84 bits per heavy atom. The molecular formula is C18H31NO6.